The Kier molecular flexibility index (Phi) is 25.7. The van der Waals surface area contributed by atoms with E-state index in [-0.39, 0.29) is 63.4 Å². The Morgan fingerprint density at radius 2 is 1.26 bits per heavy atom. The SMILES string of the molecule is C=C[C@H]1[C@@H]2C[C@@H](O[C@@H]3O[C@H](C)[C@@H](O)[C@H](NC(=O)OCC4c5ccccc5-c5ccccc54)[C@@H]3O)C=CC=CC=CC=CC=CC=CC=C[C@H](C)[C@@H](O)[C@@H](C)[C@H](C)OC(=O)C[C@H](O)C[C@H](O)CC[C@@H](O)[C@H](O)C[C@H](O)C[C@](OC)(C[C@@H]1O)O2. The number of methoxy groups -OCH3 is 1. The van der Waals surface area contributed by atoms with Gasteiger partial charge in [-0.05, 0) is 55.4 Å². The van der Waals surface area contributed by atoms with E-state index in [1.54, 1.807) is 51.2 Å². The molecule has 18 nitrogen and oxygen atoms in total. The quantitative estimate of drug-likeness (QED) is 0.112. The van der Waals surface area contributed by atoms with Crippen LogP contribution in [0.25, 0.3) is 11.1 Å². The molecule has 0 aromatic heterocycles. The lowest BCUT2D eigenvalue weighted by Crippen LogP contribution is -2.64. The van der Waals surface area contributed by atoms with Crippen molar-refractivity contribution in [3.8, 4) is 11.1 Å². The van der Waals surface area contributed by atoms with Crippen molar-refractivity contribution < 1.29 is 84.0 Å². The van der Waals surface area contributed by atoms with E-state index in [9.17, 15) is 55.5 Å². The van der Waals surface area contributed by atoms with Crippen LogP contribution in [0.3, 0.4) is 0 Å². The van der Waals surface area contributed by atoms with Crippen LogP contribution in [0.1, 0.15) is 96.1 Å². The van der Waals surface area contributed by atoms with E-state index >= 15 is 0 Å². The number of hydrogen-bond acceptors (Lipinski definition) is 17. The van der Waals surface area contributed by atoms with Crippen LogP contribution in [-0.4, -0.2) is 169 Å². The molecule has 2 fully saturated rings. The van der Waals surface area contributed by atoms with Gasteiger partial charge in [0.15, 0.2) is 12.1 Å². The maximum absolute atomic E-state index is 13.5. The highest BCUT2D eigenvalue weighted by atomic mass is 16.7. The summed E-state index contributed by atoms with van der Waals surface area (Å²) in [6.07, 6.45) is 7.84. The molecule has 3 heterocycles. The van der Waals surface area contributed by atoms with Gasteiger partial charge in [0.2, 0.25) is 0 Å². The first kappa shape index (κ1) is 65.7. The standard InChI is InChI=1S/C64H87NO17/c1-7-47-55(71)37-64(77-6)36-45(68)33-54(70)53(69)31-30-43(66)32-44(67)34-57(72)79-41(4)40(3)59(73)39(2)24-18-16-14-12-10-8-9-11-13-15-17-19-25-46(35-56(47)82-64)81-62-61(75)58(60(74)42(5)80-62)65-63(76)78-38-52-50-28-22-20-26-48(50)49-27-21-23-29-51(49)52/h7-29,39-47,52-56,58-62,66-71,73-75H,1,30-38H2,2-6H3,(H,65,76)/t39-,40-,41-,42+,43+,44+,45-,46-,47+,53+,54+,55-,56-,58-,59+,60+,61-,62-,64+/m0/s1. The lowest BCUT2D eigenvalue weighted by atomic mass is 9.82. The van der Waals surface area contributed by atoms with Crippen molar-refractivity contribution in [3.63, 3.8) is 0 Å². The number of amides is 1. The average molecular weight is 1140 g/mol. The number of fused-ring (bicyclic) bond motifs is 5. The monoisotopic (exact) mass is 1140 g/mol. The zero-order chi connectivity index (χ0) is 59.5. The molecule has 18 heteroatoms. The van der Waals surface area contributed by atoms with Gasteiger partial charge >= 0.3 is 12.1 Å². The second-order valence-corrected chi connectivity index (χ2v) is 22.1. The normalized spacial score (nSPS) is 36.2. The van der Waals surface area contributed by atoms with Gasteiger partial charge in [0, 0.05) is 56.5 Å². The van der Waals surface area contributed by atoms with E-state index in [4.69, 9.17) is 28.4 Å². The molecule has 4 aliphatic rings. The van der Waals surface area contributed by atoms with Crippen LogP contribution in [0.5, 0.6) is 0 Å². The summed E-state index contributed by atoms with van der Waals surface area (Å²) in [5.41, 5.74) is 4.13. The van der Waals surface area contributed by atoms with Crippen molar-refractivity contribution in [2.75, 3.05) is 13.7 Å². The number of carbonyl (C=O) groups excluding carboxylic acids is 2. The molecular weight excluding hydrogens is 1050 g/mol. The molecular formula is C64H87NO17. The van der Waals surface area contributed by atoms with Crippen LogP contribution >= 0.6 is 0 Å². The zero-order valence-corrected chi connectivity index (χ0v) is 47.6. The molecule has 3 aliphatic heterocycles. The summed E-state index contributed by atoms with van der Waals surface area (Å²) in [4.78, 5) is 26.3. The largest absolute Gasteiger partial charge is 0.462 e. The van der Waals surface area contributed by atoms with Crippen LogP contribution < -0.4 is 5.32 Å². The summed E-state index contributed by atoms with van der Waals surface area (Å²) in [5.74, 6) is -4.00. The van der Waals surface area contributed by atoms with Gasteiger partial charge in [0.25, 0.3) is 0 Å². The van der Waals surface area contributed by atoms with Crippen molar-refractivity contribution in [2.45, 2.75) is 182 Å². The van der Waals surface area contributed by atoms with E-state index in [0.717, 1.165) is 22.3 Å². The molecule has 2 saturated heterocycles. The van der Waals surface area contributed by atoms with Crippen molar-refractivity contribution in [3.05, 3.63) is 157 Å². The maximum Gasteiger partial charge on any atom is 0.407 e. The fourth-order valence-corrected chi connectivity index (χ4v) is 11.1. The minimum atomic E-state index is -1.63. The second kappa shape index (κ2) is 32.0. The molecule has 19 atom stereocenters. The molecule has 0 spiro atoms. The number of ether oxygens (including phenoxy) is 6. The fourth-order valence-electron chi connectivity index (χ4n) is 11.1. The molecule has 82 heavy (non-hydrogen) atoms. The van der Waals surface area contributed by atoms with E-state index < -0.39 is 128 Å². The number of benzene rings is 2. The fraction of sp³-hybridized carbons (Fsp3) is 0.531. The molecule has 2 aromatic carbocycles. The first-order valence-corrected chi connectivity index (χ1v) is 28.5. The van der Waals surface area contributed by atoms with Crippen LogP contribution in [0.15, 0.2) is 146 Å². The summed E-state index contributed by atoms with van der Waals surface area (Å²) in [6.45, 7) is 10.8. The first-order valence-electron chi connectivity index (χ1n) is 28.5. The summed E-state index contributed by atoms with van der Waals surface area (Å²) in [6, 6.07) is 14.5. The third kappa shape index (κ3) is 18.5. The molecule has 0 saturated carbocycles. The number of aliphatic hydroxyl groups is 9. The number of aliphatic hydroxyl groups excluding tert-OH is 9. The molecule has 0 unspecified atom stereocenters. The number of nitrogens with one attached hydrogen (secondary N) is 1. The van der Waals surface area contributed by atoms with E-state index in [1.807, 2.05) is 110 Å². The lowest BCUT2D eigenvalue weighted by Gasteiger charge is -2.47. The van der Waals surface area contributed by atoms with Crippen molar-refractivity contribution in [2.24, 2.45) is 17.8 Å². The van der Waals surface area contributed by atoms with Gasteiger partial charge in [0.1, 0.15) is 24.9 Å². The maximum atomic E-state index is 13.5. The van der Waals surface area contributed by atoms with Crippen molar-refractivity contribution >= 4 is 12.1 Å². The Hall–Kier alpha value is -5.42. The molecule has 0 radical (unpaired) electrons. The molecule has 2 bridgehead atoms. The molecule has 6 rings (SSSR count). The predicted octanol–water partition coefficient (Wildman–Crippen LogP) is 6.05. The Bertz CT molecular complexity index is 2520. The highest BCUT2D eigenvalue weighted by Crippen LogP contribution is 2.45. The number of cyclic esters (lactones) is 1. The Balaban J connectivity index is 1.19. The highest BCUT2D eigenvalue weighted by Gasteiger charge is 2.50. The van der Waals surface area contributed by atoms with Gasteiger partial charge in [-0.2, -0.15) is 0 Å². The van der Waals surface area contributed by atoms with Crippen LogP contribution in [-0.2, 0) is 33.2 Å². The van der Waals surface area contributed by atoms with Gasteiger partial charge in [-0.15, -0.1) is 6.58 Å². The van der Waals surface area contributed by atoms with Gasteiger partial charge in [-0.1, -0.05) is 154 Å². The van der Waals surface area contributed by atoms with E-state index in [1.165, 1.54) is 13.2 Å². The third-order valence-corrected chi connectivity index (χ3v) is 16.0. The second-order valence-electron chi connectivity index (χ2n) is 22.1. The predicted molar refractivity (Wildman–Crippen MR) is 308 cm³/mol. The van der Waals surface area contributed by atoms with Crippen LogP contribution in [0.4, 0.5) is 4.79 Å². The Morgan fingerprint density at radius 3 is 1.85 bits per heavy atom. The molecule has 10 N–H and O–H groups in total. The number of carbonyl (C=O) groups is 2. The molecule has 450 valence electrons. The molecule has 2 aromatic rings. The van der Waals surface area contributed by atoms with Crippen LogP contribution in [0.2, 0.25) is 0 Å². The molecule has 1 aliphatic carbocycles. The number of allylic oxidation sites excluding steroid dienone is 12. The summed E-state index contributed by atoms with van der Waals surface area (Å²) >= 11 is 0. The first-order chi connectivity index (χ1) is 39.2. The molecule has 1 amide bonds. The highest BCUT2D eigenvalue weighted by molar-refractivity contribution is 5.79. The van der Waals surface area contributed by atoms with E-state index in [2.05, 4.69) is 11.9 Å². The smallest absolute Gasteiger partial charge is 0.407 e. The van der Waals surface area contributed by atoms with Gasteiger partial charge in [-0.3, -0.25) is 4.79 Å². The van der Waals surface area contributed by atoms with Gasteiger partial charge in [-0.25, -0.2) is 4.79 Å². The zero-order valence-electron chi connectivity index (χ0n) is 47.6. The van der Waals surface area contributed by atoms with E-state index in [0.29, 0.717) is 0 Å². The number of rotatable bonds is 7. The number of alkyl carbamates (subject to hydrolysis) is 1. The summed E-state index contributed by atoms with van der Waals surface area (Å²) < 4.78 is 36.4. The average Bonchev–Trinajstić information content (AvgIpc) is 3.09. The number of hydrogen-bond donors (Lipinski definition) is 10. The number of esters is 1. The summed E-state index contributed by atoms with van der Waals surface area (Å²) in [5, 5.41) is 103. The van der Waals surface area contributed by atoms with Crippen LogP contribution in [0, 0.1) is 17.8 Å². The summed E-state index contributed by atoms with van der Waals surface area (Å²) in [7, 11) is 1.35. The lowest BCUT2D eigenvalue weighted by molar-refractivity contribution is -0.315. The minimum Gasteiger partial charge on any atom is -0.462 e. The van der Waals surface area contributed by atoms with Crippen molar-refractivity contribution in [1.82, 2.24) is 5.32 Å². The minimum absolute atomic E-state index is 0.00427. The topological polar surface area (TPSA) is 284 Å². The Labute approximate surface area is 482 Å². The third-order valence-electron chi connectivity index (χ3n) is 16.0. The van der Waals surface area contributed by atoms with Gasteiger partial charge < -0.3 is 79.7 Å². The van der Waals surface area contributed by atoms with Gasteiger partial charge in [0.05, 0.1) is 73.5 Å². The Morgan fingerprint density at radius 1 is 0.671 bits per heavy atom. The van der Waals surface area contributed by atoms with Crippen molar-refractivity contribution in [1.29, 1.82) is 0 Å².